The summed E-state index contributed by atoms with van der Waals surface area (Å²) in [6.07, 6.45) is 0.375. The zero-order valence-electron chi connectivity index (χ0n) is 12.8. The standard InChI is InChI=1S/C18H20N2O3/c21-18(12-14-13-22-11-10-19-14)20-16-8-4-5-9-17(16)23-15-6-2-1-3-7-15/h1-9,14,19H,10-13H2,(H,20,21). The molecule has 1 unspecified atom stereocenters. The third kappa shape index (κ3) is 4.55. The van der Waals surface area contributed by atoms with Crippen molar-refractivity contribution in [3.63, 3.8) is 0 Å². The fraction of sp³-hybridized carbons (Fsp3) is 0.278. The van der Waals surface area contributed by atoms with Crippen molar-refractivity contribution in [3.05, 3.63) is 54.6 Å². The van der Waals surface area contributed by atoms with Gasteiger partial charge in [-0.15, -0.1) is 0 Å². The van der Waals surface area contributed by atoms with Gasteiger partial charge in [-0.05, 0) is 24.3 Å². The number of carbonyl (C=O) groups excluding carboxylic acids is 1. The Bertz CT molecular complexity index is 640. The number of anilines is 1. The minimum atomic E-state index is -0.0582. The van der Waals surface area contributed by atoms with E-state index in [1.165, 1.54) is 0 Å². The van der Waals surface area contributed by atoms with Gasteiger partial charge in [-0.2, -0.15) is 0 Å². The maximum atomic E-state index is 12.2. The molecule has 1 aliphatic rings. The molecule has 1 heterocycles. The first-order valence-corrected chi connectivity index (χ1v) is 7.74. The van der Waals surface area contributed by atoms with Gasteiger partial charge in [-0.25, -0.2) is 0 Å². The molecule has 0 aliphatic carbocycles. The molecule has 120 valence electrons. The topological polar surface area (TPSA) is 59.6 Å². The molecule has 2 aromatic carbocycles. The molecular weight excluding hydrogens is 292 g/mol. The van der Waals surface area contributed by atoms with E-state index >= 15 is 0 Å². The van der Waals surface area contributed by atoms with Gasteiger partial charge in [0, 0.05) is 19.0 Å². The number of carbonyl (C=O) groups is 1. The summed E-state index contributed by atoms with van der Waals surface area (Å²) in [6, 6.07) is 17.0. The Morgan fingerprint density at radius 1 is 1.17 bits per heavy atom. The minimum absolute atomic E-state index is 0.0582. The van der Waals surface area contributed by atoms with Crippen molar-refractivity contribution in [3.8, 4) is 11.5 Å². The fourth-order valence-corrected chi connectivity index (χ4v) is 2.45. The average Bonchev–Trinajstić information content (AvgIpc) is 2.58. The van der Waals surface area contributed by atoms with Gasteiger partial charge in [0.25, 0.3) is 0 Å². The van der Waals surface area contributed by atoms with Gasteiger partial charge in [-0.3, -0.25) is 4.79 Å². The molecule has 1 atom stereocenters. The van der Waals surface area contributed by atoms with E-state index in [9.17, 15) is 4.79 Å². The maximum Gasteiger partial charge on any atom is 0.226 e. The maximum absolute atomic E-state index is 12.2. The highest BCUT2D eigenvalue weighted by Gasteiger charge is 2.17. The summed E-state index contributed by atoms with van der Waals surface area (Å²) in [4.78, 5) is 12.2. The molecule has 0 radical (unpaired) electrons. The van der Waals surface area contributed by atoms with Gasteiger partial charge in [0.1, 0.15) is 5.75 Å². The Hall–Kier alpha value is -2.37. The van der Waals surface area contributed by atoms with Crippen molar-refractivity contribution in [1.82, 2.24) is 5.32 Å². The van der Waals surface area contributed by atoms with Crippen LogP contribution in [-0.4, -0.2) is 31.7 Å². The molecule has 23 heavy (non-hydrogen) atoms. The smallest absolute Gasteiger partial charge is 0.226 e. The van der Waals surface area contributed by atoms with Crippen LogP contribution in [0.3, 0.4) is 0 Å². The zero-order valence-corrected chi connectivity index (χ0v) is 12.8. The van der Waals surface area contributed by atoms with Gasteiger partial charge in [0.2, 0.25) is 5.91 Å². The average molecular weight is 312 g/mol. The monoisotopic (exact) mass is 312 g/mol. The predicted octanol–water partition coefficient (Wildman–Crippen LogP) is 2.80. The van der Waals surface area contributed by atoms with Crippen molar-refractivity contribution >= 4 is 11.6 Å². The summed E-state index contributed by atoms with van der Waals surface area (Å²) < 4.78 is 11.2. The van der Waals surface area contributed by atoms with Crippen molar-refractivity contribution in [1.29, 1.82) is 0 Å². The van der Waals surface area contributed by atoms with Crippen LogP contribution in [0.15, 0.2) is 54.6 Å². The van der Waals surface area contributed by atoms with E-state index in [-0.39, 0.29) is 11.9 Å². The summed E-state index contributed by atoms with van der Waals surface area (Å²) in [7, 11) is 0. The summed E-state index contributed by atoms with van der Waals surface area (Å²) in [5, 5.41) is 6.19. The van der Waals surface area contributed by atoms with Gasteiger partial charge in [0.15, 0.2) is 5.75 Å². The summed E-state index contributed by atoms with van der Waals surface area (Å²) in [5.41, 5.74) is 0.665. The first-order chi connectivity index (χ1) is 11.3. The molecule has 5 heteroatoms. The van der Waals surface area contributed by atoms with Crippen LogP contribution in [0, 0.1) is 0 Å². The van der Waals surface area contributed by atoms with E-state index in [0.717, 1.165) is 12.3 Å². The van der Waals surface area contributed by atoms with Gasteiger partial charge < -0.3 is 20.1 Å². The van der Waals surface area contributed by atoms with Gasteiger partial charge in [0.05, 0.1) is 18.9 Å². The summed E-state index contributed by atoms with van der Waals surface area (Å²) in [6.45, 7) is 2.05. The normalized spacial score (nSPS) is 17.5. The van der Waals surface area contributed by atoms with Crippen LogP contribution in [0.2, 0.25) is 0 Å². The number of amides is 1. The fourth-order valence-electron chi connectivity index (χ4n) is 2.45. The Kier molecular flexibility index (Phi) is 5.24. The van der Waals surface area contributed by atoms with E-state index in [1.54, 1.807) is 0 Å². The van der Waals surface area contributed by atoms with E-state index in [2.05, 4.69) is 10.6 Å². The Labute approximate surface area is 135 Å². The molecule has 2 aromatic rings. The van der Waals surface area contributed by atoms with Crippen LogP contribution in [0.4, 0.5) is 5.69 Å². The second-order valence-electron chi connectivity index (χ2n) is 5.39. The quantitative estimate of drug-likeness (QED) is 0.891. The molecule has 1 amide bonds. The molecule has 0 bridgehead atoms. The Balaban J connectivity index is 1.64. The molecule has 1 fully saturated rings. The summed E-state index contributed by atoms with van der Waals surface area (Å²) in [5.74, 6) is 1.30. The van der Waals surface area contributed by atoms with Crippen LogP contribution in [0.1, 0.15) is 6.42 Å². The number of rotatable bonds is 5. The third-order valence-electron chi connectivity index (χ3n) is 3.56. The van der Waals surface area contributed by atoms with Crippen LogP contribution in [0.25, 0.3) is 0 Å². The van der Waals surface area contributed by atoms with E-state index in [0.29, 0.717) is 31.1 Å². The second kappa shape index (κ2) is 7.76. The number of morpholine rings is 1. The molecule has 0 saturated carbocycles. The number of hydrogen-bond acceptors (Lipinski definition) is 4. The molecule has 0 aromatic heterocycles. The van der Waals surface area contributed by atoms with E-state index < -0.39 is 0 Å². The van der Waals surface area contributed by atoms with Crippen molar-refractivity contribution in [2.45, 2.75) is 12.5 Å². The molecule has 1 saturated heterocycles. The highest BCUT2D eigenvalue weighted by atomic mass is 16.5. The number of nitrogens with one attached hydrogen (secondary N) is 2. The first kappa shape index (κ1) is 15.5. The predicted molar refractivity (Wildman–Crippen MR) is 88.8 cm³/mol. The molecular formula is C18H20N2O3. The Morgan fingerprint density at radius 2 is 1.96 bits per heavy atom. The summed E-state index contributed by atoms with van der Waals surface area (Å²) >= 11 is 0. The van der Waals surface area contributed by atoms with Crippen LogP contribution in [0.5, 0.6) is 11.5 Å². The number of hydrogen-bond donors (Lipinski definition) is 2. The van der Waals surface area contributed by atoms with E-state index in [4.69, 9.17) is 9.47 Å². The lowest BCUT2D eigenvalue weighted by molar-refractivity contribution is -0.117. The second-order valence-corrected chi connectivity index (χ2v) is 5.39. The molecule has 1 aliphatic heterocycles. The molecule has 3 rings (SSSR count). The third-order valence-corrected chi connectivity index (χ3v) is 3.56. The number of benzene rings is 2. The largest absolute Gasteiger partial charge is 0.455 e. The lowest BCUT2D eigenvalue weighted by Crippen LogP contribution is -2.43. The highest BCUT2D eigenvalue weighted by molar-refractivity contribution is 5.92. The van der Waals surface area contributed by atoms with Crippen molar-refractivity contribution in [2.24, 2.45) is 0 Å². The first-order valence-electron chi connectivity index (χ1n) is 7.74. The van der Waals surface area contributed by atoms with Crippen molar-refractivity contribution in [2.75, 3.05) is 25.1 Å². The van der Waals surface area contributed by atoms with Crippen LogP contribution < -0.4 is 15.4 Å². The lowest BCUT2D eigenvalue weighted by Gasteiger charge is -2.23. The molecule has 0 spiro atoms. The number of ether oxygens (including phenoxy) is 2. The zero-order chi connectivity index (χ0) is 15.9. The van der Waals surface area contributed by atoms with E-state index in [1.807, 2.05) is 54.6 Å². The lowest BCUT2D eigenvalue weighted by atomic mass is 10.2. The van der Waals surface area contributed by atoms with Crippen molar-refractivity contribution < 1.29 is 14.3 Å². The number of para-hydroxylation sites is 3. The minimum Gasteiger partial charge on any atom is -0.455 e. The van der Waals surface area contributed by atoms with Gasteiger partial charge in [-0.1, -0.05) is 30.3 Å². The SMILES string of the molecule is O=C(CC1COCCN1)Nc1ccccc1Oc1ccccc1. The van der Waals surface area contributed by atoms with Crippen LogP contribution in [-0.2, 0) is 9.53 Å². The van der Waals surface area contributed by atoms with Gasteiger partial charge >= 0.3 is 0 Å². The highest BCUT2D eigenvalue weighted by Crippen LogP contribution is 2.29. The molecule has 5 nitrogen and oxygen atoms in total. The molecule has 2 N–H and O–H groups in total. The van der Waals surface area contributed by atoms with Crippen LogP contribution >= 0.6 is 0 Å². The Morgan fingerprint density at radius 3 is 2.74 bits per heavy atom.